The Bertz CT molecular complexity index is 641. The molecule has 2 rings (SSSR count). The second-order valence-electron chi connectivity index (χ2n) is 6.28. The summed E-state index contributed by atoms with van der Waals surface area (Å²) in [6.45, 7) is 11.1. The summed E-state index contributed by atoms with van der Waals surface area (Å²) in [4.78, 5) is 8.96. The molecule has 0 aliphatic heterocycles. The van der Waals surface area contributed by atoms with Crippen molar-refractivity contribution >= 4 is 17.5 Å². The monoisotopic (exact) mass is 314 g/mol. The molecule has 0 saturated carbocycles. The fourth-order valence-electron chi connectivity index (χ4n) is 2.07. The van der Waals surface area contributed by atoms with Crippen LogP contribution in [-0.4, -0.2) is 22.6 Å². The van der Waals surface area contributed by atoms with Crippen LogP contribution in [0.2, 0.25) is 0 Å². The Morgan fingerprint density at radius 3 is 2.52 bits per heavy atom. The fourth-order valence-corrected chi connectivity index (χ4v) is 2.07. The van der Waals surface area contributed by atoms with Crippen LogP contribution in [0.1, 0.15) is 33.4 Å². The number of para-hydroxylation sites is 2. The first kappa shape index (κ1) is 17.1. The highest BCUT2D eigenvalue weighted by molar-refractivity contribution is 5.64. The average molecular weight is 314 g/mol. The number of nitrogens with one attached hydrogen (secondary N) is 2. The third kappa shape index (κ3) is 5.43. The fraction of sp³-hybridized carbons (Fsp3) is 0.444. The second kappa shape index (κ2) is 7.81. The predicted molar refractivity (Wildman–Crippen MR) is 95.6 cm³/mol. The van der Waals surface area contributed by atoms with Gasteiger partial charge in [0.2, 0.25) is 5.95 Å². The van der Waals surface area contributed by atoms with Gasteiger partial charge >= 0.3 is 0 Å². The number of aromatic nitrogens is 2. The highest BCUT2D eigenvalue weighted by Crippen LogP contribution is 2.28. The predicted octanol–water partition coefficient (Wildman–Crippen LogP) is 4.38. The van der Waals surface area contributed by atoms with Crippen LogP contribution in [-0.2, 0) is 0 Å². The van der Waals surface area contributed by atoms with Crippen LogP contribution in [0, 0.1) is 12.8 Å². The number of ether oxygens (including phenoxy) is 1. The van der Waals surface area contributed by atoms with Crippen molar-refractivity contribution in [2.24, 2.45) is 5.92 Å². The van der Waals surface area contributed by atoms with Crippen LogP contribution in [0.25, 0.3) is 0 Å². The molecule has 0 amide bonds. The molecule has 0 spiro atoms. The quantitative estimate of drug-likeness (QED) is 0.794. The van der Waals surface area contributed by atoms with Gasteiger partial charge in [-0.1, -0.05) is 26.0 Å². The molecule has 0 fully saturated rings. The molecule has 0 unspecified atom stereocenters. The van der Waals surface area contributed by atoms with Crippen molar-refractivity contribution in [3.63, 3.8) is 0 Å². The largest absolute Gasteiger partial charge is 0.489 e. The van der Waals surface area contributed by atoms with E-state index in [4.69, 9.17) is 4.74 Å². The average Bonchev–Trinajstić information content (AvgIpc) is 2.46. The zero-order valence-corrected chi connectivity index (χ0v) is 14.6. The maximum absolute atomic E-state index is 5.84. The first-order valence-corrected chi connectivity index (χ1v) is 8.06. The molecule has 0 bridgehead atoms. The van der Waals surface area contributed by atoms with Crippen molar-refractivity contribution in [3.8, 4) is 5.75 Å². The van der Waals surface area contributed by atoms with E-state index < -0.39 is 0 Å². The van der Waals surface area contributed by atoms with Gasteiger partial charge in [-0.2, -0.15) is 4.98 Å². The van der Waals surface area contributed by atoms with E-state index in [0.29, 0.717) is 11.9 Å². The molecule has 0 aliphatic carbocycles. The van der Waals surface area contributed by atoms with Crippen LogP contribution in [0.4, 0.5) is 17.5 Å². The number of aryl methyl sites for hydroxylation is 1. The Hall–Kier alpha value is -2.30. The van der Waals surface area contributed by atoms with Crippen LogP contribution >= 0.6 is 0 Å². The lowest BCUT2D eigenvalue weighted by Gasteiger charge is -2.16. The molecule has 2 aromatic rings. The van der Waals surface area contributed by atoms with E-state index in [0.717, 1.165) is 29.5 Å². The van der Waals surface area contributed by atoms with Gasteiger partial charge in [-0.05, 0) is 38.8 Å². The topological polar surface area (TPSA) is 59.1 Å². The van der Waals surface area contributed by atoms with Crippen molar-refractivity contribution in [2.75, 3.05) is 17.2 Å². The first-order chi connectivity index (χ1) is 10.9. The summed E-state index contributed by atoms with van der Waals surface area (Å²) >= 11 is 0. The van der Waals surface area contributed by atoms with Gasteiger partial charge in [-0.25, -0.2) is 4.98 Å². The molecule has 0 atom stereocenters. The third-order valence-corrected chi connectivity index (χ3v) is 3.04. The highest BCUT2D eigenvalue weighted by Gasteiger charge is 2.08. The summed E-state index contributed by atoms with van der Waals surface area (Å²) in [6.07, 6.45) is 0.119. The minimum Gasteiger partial charge on any atom is -0.489 e. The van der Waals surface area contributed by atoms with Crippen molar-refractivity contribution in [2.45, 2.75) is 40.7 Å². The van der Waals surface area contributed by atoms with Crippen LogP contribution in [0.15, 0.2) is 30.3 Å². The lowest BCUT2D eigenvalue weighted by atomic mass is 10.2. The SMILES string of the molecule is Cc1cc(Nc2ccccc2OC(C)C)nc(NCC(C)C)n1. The van der Waals surface area contributed by atoms with E-state index in [1.54, 1.807) is 0 Å². The first-order valence-electron chi connectivity index (χ1n) is 8.06. The molecule has 124 valence electrons. The van der Waals surface area contributed by atoms with Crippen LogP contribution in [0.5, 0.6) is 5.75 Å². The van der Waals surface area contributed by atoms with E-state index in [-0.39, 0.29) is 6.10 Å². The maximum atomic E-state index is 5.84. The van der Waals surface area contributed by atoms with Crippen molar-refractivity contribution in [1.82, 2.24) is 9.97 Å². The van der Waals surface area contributed by atoms with Gasteiger partial charge in [0.1, 0.15) is 11.6 Å². The molecule has 0 saturated heterocycles. The summed E-state index contributed by atoms with van der Waals surface area (Å²) in [5, 5.41) is 6.60. The lowest BCUT2D eigenvalue weighted by molar-refractivity contribution is 0.244. The van der Waals surface area contributed by atoms with E-state index >= 15 is 0 Å². The molecule has 0 radical (unpaired) electrons. The smallest absolute Gasteiger partial charge is 0.224 e. The Morgan fingerprint density at radius 2 is 1.83 bits per heavy atom. The van der Waals surface area contributed by atoms with Gasteiger partial charge in [0.25, 0.3) is 0 Å². The number of anilines is 3. The normalized spacial score (nSPS) is 10.9. The summed E-state index contributed by atoms with van der Waals surface area (Å²) in [7, 11) is 0. The van der Waals surface area contributed by atoms with Gasteiger partial charge < -0.3 is 15.4 Å². The molecule has 5 heteroatoms. The minimum absolute atomic E-state index is 0.119. The highest BCUT2D eigenvalue weighted by atomic mass is 16.5. The summed E-state index contributed by atoms with van der Waals surface area (Å²) in [6, 6.07) is 9.79. The Labute approximate surface area is 138 Å². The lowest BCUT2D eigenvalue weighted by Crippen LogP contribution is -2.12. The molecular weight excluding hydrogens is 288 g/mol. The van der Waals surface area contributed by atoms with Crippen molar-refractivity contribution in [1.29, 1.82) is 0 Å². The number of rotatable bonds is 7. The van der Waals surface area contributed by atoms with Crippen LogP contribution < -0.4 is 15.4 Å². The molecule has 2 N–H and O–H groups in total. The van der Waals surface area contributed by atoms with Gasteiger partial charge in [0.15, 0.2) is 0 Å². The van der Waals surface area contributed by atoms with Gasteiger partial charge in [0, 0.05) is 18.3 Å². The number of nitrogens with zero attached hydrogens (tertiary/aromatic N) is 2. The molecule has 23 heavy (non-hydrogen) atoms. The number of hydrogen-bond acceptors (Lipinski definition) is 5. The zero-order valence-electron chi connectivity index (χ0n) is 14.6. The third-order valence-electron chi connectivity index (χ3n) is 3.04. The van der Waals surface area contributed by atoms with E-state index in [1.165, 1.54) is 0 Å². The molecule has 1 heterocycles. The summed E-state index contributed by atoms with van der Waals surface area (Å²) < 4.78 is 5.84. The number of benzene rings is 1. The molecular formula is C18H26N4O. The standard InChI is InChI=1S/C18H26N4O/c1-12(2)11-19-18-20-14(5)10-17(22-18)21-15-8-6-7-9-16(15)23-13(3)4/h6-10,12-13H,11H2,1-5H3,(H2,19,20,21,22). The zero-order chi connectivity index (χ0) is 16.8. The molecule has 5 nitrogen and oxygen atoms in total. The van der Waals surface area contributed by atoms with Gasteiger partial charge in [-0.15, -0.1) is 0 Å². The Balaban J connectivity index is 2.20. The summed E-state index contributed by atoms with van der Waals surface area (Å²) in [5.41, 5.74) is 1.81. The summed E-state index contributed by atoms with van der Waals surface area (Å²) in [5.74, 6) is 2.75. The molecule has 1 aromatic heterocycles. The Morgan fingerprint density at radius 1 is 1.09 bits per heavy atom. The minimum atomic E-state index is 0.119. The molecule has 0 aliphatic rings. The van der Waals surface area contributed by atoms with E-state index in [1.807, 2.05) is 51.1 Å². The maximum Gasteiger partial charge on any atom is 0.224 e. The van der Waals surface area contributed by atoms with E-state index in [9.17, 15) is 0 Å². The van der Waals surface area contributed by atoms with Crippen molar-refractivity contribution < 1.29 is 4.74 Å². The molecule has 1 aromatic carbocycles. The van der Waals surface area contributed by atoms with Gasteiger partial charge in [-0.3, -0.25) is 0 Å². The van der Waals surface area contributed by atoms with E-state index in [2.05, 4.69) is 34.4 Å². The van der Waals surface area contributed by atoms with Gasteiger partial charge in [0.05, 0.1) is 11.8 Å². The Kier molecular flexibility index (Phi) is 5.79. The second-order valence-corrected chi connectivity index (χ2v) is 6.28. The van der Waals surface area contributed by atoms with Crippen LogP contribution in [0.3, 0.4) is 0 Å². The number of hydrogen-bond donors (Lipinski definition) is 2. The van der Waals surface area contributed by atoms with Crippen molar-refractivity contribution in [3.05, 3.63) is 36.0 Å².